The SMILES string of the molecule is CC(F)(F)C(F)(F)C(F)(F)C(F)(F)C(F)(F)C(F)(F)C(F)(F)C(F)(F)S(=O)(=O)[O-].[Na+]. The van der Waals surface area contributed by atoms with E-state index in [0.717, 1.165) is 0 Å². The number of hydrogen-bond acceptors (Lipinski definition) is 3. The van der Waals surface area contributed by atoms with Crippen LogP contribution in [0.2, 0.25) is 0 Å². The van der Waals surface area contributed by atoms with Gasteiger partial charge >= 0.3 is 76.3 Å². The first kappa shape index (κ1) is 32.0. The van der Waals surface area contributed by atoms with Crippen molar-refractivity contribution in [2.75, 3.05) is 0 Å². The van der Waals surface area contributed by atoms with Crippen molar-refractivity contribution in [1.29, 1.82) is 0 Å². The molecule has 0 aliphatic heterocycles. The summed E-state index contributed by atoms with van der Waals surface area (Å²) in [4.78, 5) is 0. The van der Waals surface area contributed by atoms with Crippen LogP contribution in [0.1, 0.15) is 6.92 Å². The fraction of sp³-hybridized carbons (Fsp3) is 1.00. The maximum Gasteiger partial charge on any atom is 1.00 e. The third kappa shape index (κ3) is 3.87. The van der Waals surface area contributed by atoms with Gasteiger partial charge in [-0.2, -0.15) is 70.2 Å². The van der Waals surface area contributed by atoms with Crippen molar-refractivity contribution in [1.82, 2.24) is 0 Å². The minimum Gasteiger partial charge on any atom is -0.743 e. The smallest absolute Gasteiger partial charge is 0.743 e. The molecular formula is C9H3F16NaO3S. The van der Waals surface area contributed by atoms with Crippen LogP contribution < -0.4 is 29.6 Å². The number of hydrogen-bond donors (Lipinski definition) is 0. The van der Waals surface area contributed by atoms with E-state index in [1.165, 1.54) is 0 Å². The predicted octanol–water partition coefficient (Wildman–Crippen LogP) is 1.60. The molecular weight excluding hydrogens is 515 g/mol. The summed E-state index contributed by atoms with van der Waals surface area (Å²) in [6.45, 7) is -1.31. The molecule has 0 unspecified atom stereocenters. The second-order valence-corrected chi connectivity index (χ2v) is 6.73. The molecule has 0 aromatic carbocycles. The molecule has 0 amide bonds. The fourth-order valence-electron chi connectivity index (χ4n) is 1.40. The van der Waals surface area contributed by atoms with Gasteiger partial charge in [-0.25, -0.2) is 8.42 Å². The summed E-state index contributed by atoms with van der Waals surface area (Å²) in [6, 6.07) is 0. The van der Waals surface area contributed by atoms with Crippen molar-refractivity contribution in [2.24, 2.45) is 0 Å². The third-order valence-corrected chi connectivity index (χ3v) is 4.09. The van der Waals surface area contributed by atoms with Crippen molar-refractivity contribution in [3.63, 3.8) is 0 Å². The Balaban J connectivity index is 0. The van der Waals surface area contributed by atoms with Gasteiger partial charge < -0.3 is 4.55 Å². The van der Waals surface area contributed by atoms with E-state index in [4.69, 9.17) is 0 Å². The van der Waals surface area contributed by atoms with Gasteiger partial charge in [-0.1, -0.05) is 0 Å². The predicted molar refractivity (Wildman–Crippen MR) is 54.9 cm³/mol. The summed E-state index contributed by atoms with van der Waals surface area (Å²) in [7, 11) is -8.08. The molecule has 0 aliphatic carbocycles. The summed E-state index contributed by atoms with van der Waals surface area (Å²) in [6.07, 6.45) is 0. The Labute approximate surface area is 176 Å². The molecule has 21 heteroatoms. The zero-order valence-electron chi connectivity index (χ0n) is 13.7. The van der Waals surface area contributed by atoms with E-state index in [-0.39, 0.29) is 29.6 Å². The zero-order valence-corrected chi connectivity index (χ0v) is 16.5. The summed E-state index contributed by atoms with van der Waals surface area (Å²) < 4.78 is 236. The molecule has 0 saturated heterocycles. The van der Waals surface area contributed by atoms with Crippen LogP contribution >= 0.6 is 0 Å². The third-order valence-electron chi connectivity index (χ3n) is 3.20. The van der Waals surface area contributed by atoms with Gasteiger partial charge in [0.1, 0.15) is 0 Å². The van der Waals surface area contributed by atoms with Crippen molar-refractivity contribution in [3.8, 4) is 0 Å². The van der Waals surface area contributed by atoms with Crippen LogP contribution in [0.3, 0.4) is 0 Å². The molecule has 0 spiro atoms. The van der Waals surface area contributed by atoms with E-state index in [2.05, 4.69) is 0 Å². The quantitative estimate of drug-likeness (QED) is 0.279. The van der Waals surface area contributed by atoms with Gasteiger partial charge in [0.15, 0.2) is 10.1 Å². The van der Waals surface area contributed by atoms with Crippen LogP contribution in [0.4, 0.5) is 70.2 Å². The van der Waals surface area contributed by atoms with Crippen LogP contribution in [0.5, 0.6) is 0 Å². The van der Waals surface area contributed by atoms with Crippen LogP contribution in [-0.4, -0.2) is 59.7 Å². The largest absolute Gasteiger partial charge is 1.00 e. The minimum atomic E-state index is -8.75. The van der Waals surface area contributed by atoms with Crippen molar-refractivity contribution >= 4 is 10.1 Å². The van der Waals surface area contributed by atoms with Crippen LogP contribution in [-0.2, 0) is 10.1 Å². The minimum absolute atomic E-state index is 0. The Hall–Kier alpha value is -0.210. The molecule has 0 heterocycles. The fourth-order valence-corrected chi connectivity index (χ4v) is 1.85. The Morgan fingerprint density at radius 3 is 0.900 bits per heavy atom. The molecule has 30 heavy (non-hydrogen) atoms. The van der Waals surface area contributed by atoms with E-state index >= 15 is 0 Å². The van der Waals surface area contributed by atoms with Crippen molar-refractivity contribution in [3.05, 3.63) is 0 Å². The van der Waals surface area contributed by atoms with Gasteiger partial charge in [0.05, 0.1) is 0 Å². The van der Waals surface area contributed by atoms with Crippen LogP contribution in [0.25, 0.3) is 0 Å². The average molecular weight is 518 g/mol. The Bertz CT molecular complexity index is 740. The monoisotopic (exact) mass is 518 g/mol. The summed E-state index contributed by atoms with van der Waals surface area (Å²) in [5.74, 6) is -56.9. The van der Waals surface area contributed by atoms with Crippen LogP contribution in [0.15, 0.2) is 0 Å². The molecule has 176 valence electrons. The summed E-state index contributed by atoms with van der Waals surface area (Å²) >= 11 is 0. The Morgan fingerprint density at radius 2 is 0.700 bits per heavy atom. The first-order valence-corrected chi connectivity index (χ1v) is 7.39. The molecule has 0 fully saturated rings. The van der Waals surface area contributed by atoms with Crippen molar-refractivity contribution < 1.29 is 113 Å². The van der Waals surface area contributed by atoms with Gasteiger partial charge in [-0.15, -0.1) is 0 Å². The van der Waals surface area contributed by atoms with E-state index in [0.29, 0.717) is 0 Å². The number of rotatable bonds is 8. The van der Waals surface area contributed by atoms with E-state index in [1.807, 2.05) is 0 Å². The first-order valence-electron chi connectivity index (χ1n) is 5.98. The van der Waals surface area contributed by atoms with Crippen molar-refractivity contribution in [2.45, 2.75) is 53.6 Å². The molecule has 0 radical (unpaired) electrons. The maximum absolute atomic E-state index is 13.1. The van der Waals surface area contributed by atoms with Gasteiger partial charge in [0.25, 0.3) is 0 Å². The second-order valence-electron chi connectivity index (χ2n) is 5.31. The summed E-state index contributed by atoms with van der Waals surface area (Å²) in [5, 5.41) is -7.88. The topological polar surface area (TPSA) is 57.2 Å². The number of halogens is 16. The standard InChI is InChI=1S/C9H4F16O3S.Na/c1-2(10,11)3(12,13)4(14,15)5(16,17)6(18,19)7(20,21)8(22,23)9(24,25)29(26,27)28;/h1H3,(H,26,27,28);/q;+1/p-1. The molecule has 3 nitrogen and oxygen atoms in total. The molecule has 0 N–H and O–H groups in total. The molecule has 0 saturated carbocycles. The van der Waals surface area contributed by atoms with Crippen LogP contribution in [0, 0.1) is 0 Å². The molecule has 0 aromatic rings. The first-order chi connectivity index (χ1) is 12.0. The van der Waals surface area contributed by atoms with E-state index in [9.17, 15) is 83.2 Å². The molecule has 0 aliphatic rings. The van der Waals surface area contributed by atoms with Gasteiger partial charge in [-0.05, 0) is 0 Å². The van der Waals surface area contributed by atoms with Gasteiger partial charge in [-0.3, -0.25) is 0 Å². The van der Waals surface area contributed by atoms with E-state index < -0.39 is 63.8 Å². The molecule has 0 aromatic heterocycles. The Kier molecular flexibility index (Phi) is 8.19. The molecule has 0 bridgehead atoms. The molecule has 0 rings (SSSR count). The summed E-state index contributed by atoms with van der Waals surface area (Å²) in [5.41, 5.74) is 0. The van der Waals surface area contributed by atoms with Gasteiger partial charge in [0, 0.05) is 6.92 Å². The number of alkyl halides is 16. The normalized spacial score (nSPS) is 16.3. The zero-order chi connectivity index (χ0) is 24.5. The second kappa shape index (κ2) is 7.68. The average Bonchev–Trinajstić information content (AvgIpc) is 2.43. The molecule has 0 atom stereocenters. The maximum atomic E-state index is 13.1. The van der Waals surface area contributed by atoms with Gasteiger partial charge in [0.2, 0.25) is 0 Å². The Morgan fingerprint density at radius 1 is 0.500 bits per heavy atom. The van der Waals surface area contributed by atoms with E-state index in [1.54, 1.807) is 0 Å².